The summed E-state index contributed by atoms with van der Waals surface area (Å²) in [6.45, 7) is 15.4. The van der Waals surface area contributed by atoms with Crippen LogP contribution in [0.5, 0.6) is 0 Å². The SMILES string of the molecule is CCCOCCOCCNCc1ccc(CCCCOCCOCCNS(=O)(=O)c2cccc(C3CN(C)Cc4c(Cl)cc(Cl)cc43)c2)cc1.CN1Cc2c(Cl)cc(Cl)cc2C(c2cccc(S(=O)(=O)Cl)c2)C1.Cc1cccc(C2CN(C)Cc3c(Cl)cc(Cl)cc32)c1.Cl. The number of nitrogens with zero attached hydrogens (tertiary/aromatic N) is 3. The molecule has 10 rings (SSSR count). The van der Waals surface area contributed by atoms with Crippen molar-refractivity contribution in [3.05, 3.63) is 230 Å². The highest BCUT2D eigenvalue weighted by Crippen LogP contribution is 2.42. The number of rotatable bonds is 27. The van der Waals surface area contributed by atoms with Gasteiger partial charge in [0.1, 0.15) is 0 Å². The van der Waals surface area contributed by atoms with Gasteiger partial charge >= 0.3 is 0 Å². The minimum absolute atomic E-state index is 0. The van der Waals surface area contributed by atoms with Gasteiger partial charge in [-0.3, -0.25) is 0 Å². The highest BCUT2D eigenvalue weighted by molar-refractivity contribution is 8.13. The predicted octanol–water partition coefficient (Wildman–Crippen LogP) is 16.2. The van der Waals surface area contributed by atoms with E-state index in [-0.39, 0.29) is 47.2 Å². The normalized spacial score (nSPS) is 16.6. The van der Waals surface area contributed by atoms with Gasteiger partial charge in [0.15, 0.2) is 0 Å². The lowest BCUT2D eigenvalue weighted by Gasteiger charge is -2.33. The molecule has 0 saturated carbocycles. The molecule has 0 saturated heterocycles. The summed E-state index contributed by atoms with van der Waals surface area (Å²) in [5, 5.41) is 7.31. The smallest absolute Gasteiger partial charge is 0.261 e. The van der Waals surface area contributed by atoms with Crippen LogP contribution >= 0.6 is 92.7 Å². The largest absolute Gasteiger partial charge is 0.379 e. The Morgan fingerprint density at radius 2 is 0.894 bits per heavy atom. The summed E-state index contributed by atoms with van der Waals surface area (Å²) in [4.78, 5) is 6.96. The molecule has 3 aliphatic rings. The van der Waals surface area contributed by atoms with Crippen LogP contribution in [0, 0.1) is 6.92 Å². The number of aryl methyl sites for hydroxylation is 2. The number of nitrogens with one attached hydrogen (secondary N) is 2. The first-order chi connectivity index (χ1) is 44.6. The van der Waals surface area contributed by atoms with Crippen molar-refractivity contribution < 1.29 is 35.8 Å². The molecule has 2 N–H and O–H groups in total. The number of unbranched alkanes of at least 4 members (excludes halogenated alkanes) is 1. The second-order valence-electron chi connectivity index (χ2n) is 23.9. The molecule has 13 nitrogen and oxygen atoms in total. The highest BCUT2D eigenvalue weighted by Gasteiger charge is 2.31. The molecule has 0 aromatic heterocycles. The third-order valence-electron chi connectivity index (χ3n) is 16.4. The first kappa shape index (κ1) is 77.7. The van der Waals surface area contributed by atoms with Gasteiger partial charge in [0, 0.05) is 131 Å². The number of benzene rings is 7. The van der Waals surface area contributed by atoms with E-state index in [0.29, 0.717) is 72.2 Å². The molecule has 0 bridgehead atoms. The molecule has 0 amide bonds. The Morgan fingerprint density at radius 3 is 1.36 bits per heavy atom. The fourth-order valence-electron chi connectivity index (χ4n) is 11.9. The molecular weight excluding hydrogens is 1400 g/mol. The molecule has 7 aromatic rings. The molecular formula is C71H85Cl8N5O8S2. The molecule has 0 spiro atoms. The van der Waals surface area contributed by atoms with E-state index in [2.05, 4.69) is 100 Å². The average molecular weight is 1480 g/mol. The molecule has 0 aliphatic carbocycles. The number of ether oxygens (including phenoxy) is 4. The number of likely N-dealkylation sites (N-methyl/N-ethyl adjacent to an activating group) is 3. The van der Waals surface area contributed by atoms with E-state index in [0.717, 1.165) is 122 Å². The van der Waals surface area contributed by atoms with Crippen LogP contribution in [0.2, 0.25) is 30.1 Å². The minimum Gasteiger partial charge on any atom is -0.379 e. The molecule has 7 aromatic carbocycles. The lowest BCUT2D eigenvalue weighted by Crippen LogP contribution is -2.31. The van der Waals surface area contributed by atoms with Crippen molar-refractivity contribution in [3.8, 4) is 0 Å². The summed E-state index contributed by atoms with van der Waals surface area (Å²) in [6.07, 6.45) is 4.06. The van der Waals surface area contributed by atoms with Gasteiger partial charge in [-0.1, -0.05) is 155 Å². The maximum absolute atomic E-state index is 13.1. The van der Waals surface area contributed by atoms with Gasteiger partial charge in [-0.05, 0) is 176 Å². The Labute approximate surface area is 597 Å². The zero-order chi connectivity index (χ0) is 66.7. The van der Waals surface area contributed by atoms with E-state index in [1.807, 2.05) is 44.4 Å². The summed E-state index contributed by atoms with van der Waals surface area (Å²) in [7, 11) is 4.16. The van der Waals surface area contributed by atoms with Crippen molar-refractivity contribution in [1.82, 2.24) is 24.7 Å². The summed E-state index contributed by atoms with van der Waals surface area (Å²) < 4.78 is 74.3. The zero-order valence-electron chi connectivity index (χ0n) is 53.8. The molecule has 3 heterocycles. The second-order valence-corrected chi connectivity index (χ2v) is 30.8. The standard InChI is InChI=1S/C38H53Cl2N3O6S.C17H17Cl2N.C16H14Cl3NO2S.ClH/c1-3-16-46-20-22-48-18-14-41-27-31-12-10-30(11-13-31)7-4-5-17-47-21-23-49-19-15-42-50(44,45)34-9-6-8-32(24-34)36-28-43(2)29-37-35(36)25-33(39)26-38(37)40;1-11-4-3-5-12(6-11)15-9-20(2)10-16-14(15)7-13(18)8-17(16)19;1-20-8-14(10-3-2-4-12(5-10)23(19,21)22)13-6-11(17)7-16(18)15(13)9-20;/h6,8-13,24-26,36,41-42H,3-5,7,14-23,27-29H2,1-2H3;3-8,15H,9-10H2,1-2H3;2-7,14H,8-9H2,1H3;1H. The van der Waals surface area contributed by atoms with E-state index >= 15 is 0 Å². The van der Waals surface area contributed by atoms with E-state index in [9.17, 15) is 16.8 Å². The molecule has 3 atom stereocenters. The minimum atomic E-state index is -3.76. The predicted molar refractivity (Wildman–Crippen MR) is 388 cm³/mol. The van der Waals surface area contributed by atoms with Crippen molar-refractivity contribution in [2.75, 3.05) is 107 Å². The van der Waals surface area contributed by atoms with Crippen LogP contribution in [0.15, 0.2) is 143 Å². The van der Waals surface area contributed by atoms with Crippen molar-refractivity contribution in [3.63, 3.8) is 0 Å². The van der Waals surface area contributed by atoms with Crippen LogP contribution in [-0.4, -0.2) is 138 Å². The van der Waals surface area contributed by atoms with Gasteiger partial charge in [-0.15, -0.1) is 12.4 Å². The van der Waals surface area contributed by atoms with Crippen LogP contribution in [0.3, 0.4) is 0 Å². The van der Waals surface area contributed by atoms with Crippen LogP contribution in [-0.2, 0) is 70.6 Å². The maximum atomic E-state index is 13.1. The van der Waals surface area contributed by atoms with Gasteiger partial charge in [0.25, 0.3) is 9.05 Å². The van der Waals surface area contributed by atoms with Crippen LogP contribution in [0.4, 0.5) is 0 Å². The summed E-state index contributed by atoms with van der Waals surface area (Å²) in [6, 6.07) is 42.4. The van der Waals surface area contributed by atoms with E-state index in [1.165, 1.54) is 39.4 Å². The molecule has 23 heteroatoms. The van der Waals surface area contributed by atoms with E-state index in [1.54, 1.807) is 42.5 Å². The highest BCUT2D eigenvalue weighted by atomic mass is 35.7. The van der Waals surface area contributed by atoms with E-state index < -0.39 is 19.1 Å². The summed E-state index contributed by atoms with van der Waals surface area (Å²) >= 11 is 37.9. The molecule has 510 valence electrons. The number of hydrogen-bond donors (Lipinski definition) is 2. The lowest BCUT2D eigenvalue weighted by molar-refractivity contribution is 0.0486. The lowest BCUT2D eigenvalue weighted by atomic mass is 9.84. The third kappa shape index (κ3) is 23.3. The number of halogens is 8. The monoisotopic (exact) mass is 1480 g/mol. The van der Waals surface area contributed by atoms with Crippen molar-refractivity contribution in [2.24, 2.45) is 0 Å². The molecule has 3 unspecified atom stereocenters. The third-order valence-corrected chi connectivity index (χ3v) is 20.9. The Bertz CT molecular complexity index is 3820. The zero-order valence-corrected chi connectivity index (χ0v) is 61.5. The first-order valence-electron chi connectivity index (χ1n) is 31.4. The van der Waals surface area contributed by atoms with Gasteiger partial charge in [0.2, 0.25) is 10.0 Å². The molecule has 0 radical (unpaired) electrons. The summed E-state index contributed by atoms with van der Waals surface area (Å²) in [5.41, 5.74) is 13.6. The van der Waals surface area contributed by atoms with Gasteiger partial charge in [-0.2, -0.15) is 0 Å². The average Bonchev–Trinajstić information content (AvgIpc) is 0.793. The molecule has 3 aliphatic heterocycles. The van der Waals surface area contributed by atoms with Gasteiger partial charge < -0.3 is 39.0 Å². The number of sulfonamides is 1. The Kier molecular flexibility index (Phi) is 31.5. The molecule has 0 fully saturated rings. The quantitative estimate of drug-likeness (QED) is 0.0374. The molecule has 94 heavy (non-hydrogen) atoms. The van der Waals surface area contributed by atoms with Crippen molar-refractivity contribution >= 4 is 112 Å². The Hall–Kier alpha value is -3.60. The van der Waals surface area contributed by atoms with Crippen molar-refractivity contribution in [2.45, 2.75) is 93.3 Å². The Morgan fingerprint density at radius 1 is 0.479 bits per heavy atom. The van der Waals surface area contributed by atoms with Crippen LogP contribution in [0.1, 0.15) is 111 Å². The maximum Gasteiger partial charge on any atom is 0.261 e. The van der Waals surface area contributed by atoms with Crippen molar-refractivity contribution in [1.29, 1.82) is 0 Å². The fraction of sp³-hybridized carbons (Fsp3) is 0.408. The fourth-order valence-corrected chi connectivity index (χ4v) is 15.5. The van der Waals surface area contributed by atoms with Crippen LogP contribution < -0.4 is 10.0 Å². The van der Waals surface area contributed by atoms with Gasteiger partial charge in [-0.25, -0.2) is 21.6 Å². The second kappa shape index (κ2) is 38.1. The topological polar surface area (TPSA) is 139 Å². The Balaban J connectivity index is 0.000000232. The summed E-state index contributed by atoms with van der Waals surface area (Å²) in [5.74, 6) is 0.272. The number of hydrogen-bond acceptors (Lipinski definition) is 12. The van der Waals surface area contributed by atoms with E-state index in [4.69, 9.17) is 99.2 Å². The van der Waals surface area contributed by atoms with Crippen LogP contribution in [0.25, 0.3) is 0 Å². The first-order valence-corrected chi connectivity index (χ1v) is 37.4. The number of fused-ring (bicyclic) bond motifs is 3. The van der Waals surface area contributed by atoms with Gasteiger partial charge in [0.05, 0.1) is 49.4 Å².